The quantitative estimate of drug-likeness (QED) is 0.498. The van der Waals surface area contributed by atoms with Crippen LogP contribution in [-0.2, 0) is 0 Å². The van der Waals surface area contributed by atoms with Gasteiger partial charge in [-0.2, -0.15) is 0 Å². The molecule has 1 saturated carbocycles. The Bertz CT molecular complexity index is 160. The Morgan fingerprint density at radius 3 is 1.90 bits per heavy atom. The molecule has 6 heteroatoms. The highest BCUT2D eigenvalue weighted by Gasteiger charge is 2.19. The predicted octanol–water partition coefficient (Wildman–Crippen LogP) is -2.45. The Balaban J connectivity index is -0.000000722. The van der Waals surface area contributed by atoms with Gasteiger partial charge in [0.15, 0.2) is 0 Å². The van der Waals surface area contributed by atoms with E-state index in [0.717, 1.165) is 6.04 Å². The summed E-state index contributed by atoms with van der Waals surface area (Å²) < 4.78 is 0. The number of rotatable bonds is 1. The molecule has 1 saturated heterocycles. The maximum Gasteiger partial charge on any atom is 0.0110 e. The van der Waals surface area contributed by atoms with Crippen molar-refractivity contribution in [3.8, 4) is 0 Å². The molecule has 0 unspecified atom stereocenters. The van der Waals surface area contributed by atoms with E-state index in [9.17, 15) is 0 Å². The molecule has 0 aromatic carbocycles. The second-order valence-corrected chi connectivity index (χ2v) is 5.49. The first kappa shape index (κ1) is 25.4. The third-order valence-electron chi connectivity index (χ3n) is 4.22. The van der Waals surface area contributed by atoms with Crippen LogP contribution in [-0.4, -0.2) is 37.1 Å². The first-order chi connectivity index (χ1) is 7.97. The molecule has 0 spiro atoms. The van der Waals surface area contributed by atoms with Crippen molar-refractivity contribution < 1.29 is 24.8 Å². The van der Waals surface area contributed by atoms with Gasteiger partial charge in [-0.15, -0.1) is 0 Å². The Morgan fingerprint density at radius 1 is 0.650 bits per heavy atom. The van der Waals surface area contributed by atoms with E-state index in [1.165, 1.54) is 84.0 Å². The standard InChI is InChI=1S/C14H28N2.2ClH.2H3N/c1-2-4-8-14(9-5-3-1)16-12-7-6-10-15-11-13-16;;;;/h14-15H,1-13H2;2*1H;2*1H3. The Labute approximate surface area is 137 Å². The summed E-state index contributed by atoms with van der Waals surface area (Å²) in [4.78, 5) is 2.78. The van der Waals surface area contributed by atoms with Crippen molar-refractivity contribution in [2.24, 2.45) is 0 Å². The summed E-state index contributed by atoms with van der Waals surface area (Å²) in [6.45, 7) is 5.08. The van der Waals surface area contributed by atoms with Crippen LogP contribution in [0.1, 0.15) is 57.8 Å². The van der Waals surface area contributed by atoms with Gasteiger partial charge >= 0.3 is 0 Å². The molecule has 2 fully saturated rings. The molecule has 2 rings (SSSR count). The second-order valence-electron chi connectivity index (χ2n) is 5.49. The molecular weight excluding hydrogens is 295 g/mol. The van der Waals surface area contributed by atoms with Gasteiger partial charge in [-0.3, -0.25) is 4.90 Å². The SMILES string of the molecule is C1CCCC(N2CCCCNCC2)CCC1.[Cl-].[Cl-].[NH4+].[NH4+]. The maximum atomic E-state index is 3.54. The molecule has 126 valence electrons. The summed E-state index contributed by atoms with van der Waals surface area (Å²) in [5.74, 6) is 0. The second kappa shape index (κ2) is 15.8. The van der Waals surface area contributed by atoms with Crippen molar-refractivity contribution in [3.63, 3.8) is 0 Å². The van der Waals surface area contributed by atoms with Crippen LogP contribution >= 0.6 is 0 Å². The van der Waals surface area contributed by atoms with Gasteiger partial charge in [-0.1, -0.05) is 32.1 Å². The lowest BCUT2D eigenvalue weighted by Gasteiger charge is -2.34. The van der Waals surface area contributed by atoms with E-state index in [1.807, 2.05) is 0 Å². The van der Waals surface area contributed by atoms with Crippen molar-refractivity contribution in [1.29, 1.82) is 0 Å². The fraction of sp³-hybridized carbons (Fsp3) is 1.00. The van der Waals surface area contributed by atoms with Gasteiger partial charge in [-0.25, -0.2) is 0 Å². The van der Waals surface area contributed by atoms with Crippen LogP contribution in [0.5, 0.6) is 0 Å². The van der Waals surface area contributed by atoms with Gasteiger partial charge in [-0.05, 0) is 38.8 Å². The zero-order valence-electron chi connectivity index (χ0n) is 13.5. The van der Waals surface area contributed by atoms with E-state index in [1.54, 1.807) is 0 Å². The summed E-state index contributed by atoms with van der Waals surface area (Å²) in [7, 11) is 0. The zero-order valence-corrected chi connectivity index (χ0v) is 15.0. The highest BCUT2D eigenvalue weighted by molar-refractivity contribution is 4.76. The largest absolute Gasteiger partial charge is 1.00 e. The molecule has 0 aromatic rings. The molecule has 1 heterocycles. The minimum absolute atomic E-state index is 0. The molecule has 9 N–H and O–H groups in total. The van der Waals surface area contributed by atoms with Crippen molar-refractivity contribution >= 4 is 0 Å². The summed E-state index contributed by atoms with van der Waals surface area (Å²) in [6.07, 6.45) is 13.0. The van der Waals surface area contributed by atoms with Crippen molar-refractivity contribution in [1.82, 2.24) is 22.5 Å². The Morgan fingerprint density at radius 2 is 1.25 bits per heavy atom. The molecule has 0 aromatic heterocycles. The fourth-order valence-electron chi connectivity index (χ4n) is 3.19. The molecule has 1 aliphatic heterocycles. The first-order valence-corrected chi connectivity index (χ1v) is 7.41. The van der Waals surface area contributed by atoms with Gasteiger partial charge in [0.25, 0.3) is 0 Å². The van der Waals surface area contributed by atoms with Crippen LogP contribution < -0.4 is 42.4 Å². The number of nitrogens with one attached hydrogen (secondary N) is 1. The predicted molar refractivity (Wildman–Crippen MR) is 81.8 cm³/mol. The van der Waals surface area contributed by atoms with E-state index in [4.69, 9.17) is 0 Å². The summed E-state index contributed by atoms with van der Waals surface area (Å²) in [5, 5.41) is 3.54. The molecular formula is C14H36Cl2N4. The average Bonchev–Trinajstić information content (AvgIpc) is 2.18. The minimum atomic E-state index is 0. The number of quaternary nitrogens is 2. The molecule has 0 bridgehead atoms. The number of nitrogens with zero attached hydrogens (tertiary/aromatic N) is 1. The highest BCUT2D eigenvalue weighted by Crippen LogP contribution is 2.21. The van der Waals surface area contributed by atoms with Gasteiger partial charge in [0.1, 0.15) is 0 Å². The fourth-order valence-corrected chi connectivity index (χ4v) is 3.19. The van der Waals surface area contributed by atoms with Crippen molar-refractivity contribution in [2.45, 2.75) is 63.8 Å². The maximum absolute atomic E-state index is 3.54. The molecule has 4 nitrogen and oxygen atoms in total. The molecule has 0 radical (unpaired) electrons. The molecule has 2 aliphatic rings. The van der Waals surface area contributed by atoms with Gasteiger partial charge < -0.3 is 42.4 Å². The van der Waals surface area contributed by atoms with E-state index < -0.39 is 0 Å². The first-order valence-electron chi connectivity index (χ1n) is 7.41. The van der Waals surface area contributed by atoms with Gasteiger partial charge in [0.05, 0.1) is 0 Å². The van der Waals surface area contributed by atoms with Crippen molar-refractivity contribution in [3.05, 3.63) is 0 Å². The lowest BCUT2D eigenvalue weighted by Crippen LogP contribution is -3.00. The van der Waals surface area contributed by atoms with Crippen LogP contribution in [0.15, 0.2) is 0 Å². The van der Waals surface area contributed by atoms with E-state index in [-0.39, 0.29) is 37.1 Å². The summed E-state index contributed by atoms with van der Waals surface area (Å²) in [5.41, 5.74) is 0. The highest BCUT2D eigenvalue weighted by atomic mass is 35.5. The molecule has 0 amide bonds. The monoisotopic (exact) mass is 330 g/mol. The van der Waals surface area contributed by atoms with Crippen LogP contribution in [0.3, 0.4) is 0 Å². The number of halogens is 2. The van der Waals surface area contributed by atoms with Crippen LogP contribution in [0.2, 0.25) is 0 Å². The normalized spacial score (nSPS) is 22.2. The molecule has 0 atom stereocenters. The van der Waals surface area contributed by atoms with Crippen LogP contribution in [0.4, 0.5) is 0 Å². The van der Waals surface area contributed by atoms with E-state index in [2.05, 4.69) is 10.2 Å². The summed E-state index contributed by atoms with van der Waals surface area (Å²) in [6, 6.07) is 0.903. The molecule has 1 aliphatic carbocycles. The number of hydrogen-bond donors (Lipinski definition) is 3. The average molecular weight is 331 g/mol. The van der Waals surface area contributed by atoms with E-state index in [0.29, 0.717) is 0 Å². The van der Waals surface area contributed by atoms with Crippen molar-refractivity contribution in [2.75, 3.05) is 26.2 Å². The van der Waals surface area contributed by atoms with Gasteiger partial charge in [0, 0.05) is 19.1 Å². The van der Waals surface area contributed by atoms with E-state index >= 15 is 0 Å². The van der Waals surface area contributed by atoms with Crippen LogP contribution in [0.25, 0.3) is 0 Å². The Kier molecular flexibility index (Phi) is 20.1. The third kappa shape index (κ3) is 9.37. The lowest BCUT2D eigenvalue weighted by molar-refractivity contribution is -0.001000. The minimum Gasteiger partial charge on any atom is -1.00 e. The van der Waals surface area contributed by atoms with Crippen LogP contribution in [0, 0.1) is 0 Å². The smallest absolute Gasteiger partial charge is 0.0110 e. The zero-order chi connectivity index (χ0) is 11.1. The third-order valence-corrected chi connectivity index (χ3v) is 4.22. The Hall–Kier alpha value is 0.420. The van der Waals surface area contributed by atoms with Gasteiger partial charge in [0.2, 0.25) is 0 Å². The summed E-state index contributed by atoms with van der Waals surface area (Å²) >= 11 is 0. The number of hydrogen-bond acceptors (Lipinski definition) is 2. The molecule has 20 heavy (non-hydrogen) atoms. The topological polar surface area (TPSA) is 88.3 Å². The lowest BCUT2D eigenvalue weighted by atomic mass is 9.95.